The molecule has 8 heteroatoms. The highest BCUT2D eigenvalue weighted by Gasteiger charge is 2.35. The number of hydrogen-bond donors (Lipinski definition) is 0. The standard InChI is InChI=1S/C12H12F5NO2/c1-3-20-9(19)4-7-6(2)8(12(15,16)17)5-18-10(7)11(13)14/h5,11H,3-4H2,1-2H3. The summed E-state index contributed by atoms with van der Waals surface area (Å²) < 4.78 is 68.2. The molecule has 0 aliphatic rings. The van der Waals surface area contributed by atoms with Crippen molar-refractivity contribution in [2.24, 2.45) is 0 Å². The molecule has 0 radical (unpaired) electrons. The van der Waals surface area contributed by atoms with E-state index >= 15 is 0 Å². The summed E-state index contributed by atoms with van der Waals surface area (Å²) in [6.07, 6.45) is -8.11. The van der Waals surface area contributed by atoms with E-state index in [9.17, 15) is 26.7 Å². The van der Waals surface area contributed by atoms with E-state index in [1.807, 2.05) is 0 Å². The fourth-order valence-corrected chi connectivity index (χ4v) is 1.72. The van der Waals surface area contributed by atoms with Crippen LogP contribution in [0.4, 0.5) is 22.0 Å². The highest BCUT2D eigenvalue weighted by molar-refractivity contribution is 5.73. The molecule has 1 aromatic heterocycles. The molecule has 0 amide bonds. The molecule has 1 heterocycles. The maximum atomic E-state index is 12.8. The molecular weight excluding hydrogens is 285 g/mol. The molecule has 1 rings (SSSR count). The predicted octanol–water partition coefficient (Wildman–Crippen LogP) is 3.45. The van der Waals surface area contributed by atoms with Crippen molar-refractivity contribution in [3.8, 4) is 0 Å². The number of hydrogen-bond acceptors (Lipinski definition) is 3. The molecule has 0 atom stereocenters. The molecule has 0 aliphatic carbocycles. The van der Waals surface area contributed by atoms with Gasteiger partial charge in [0.1, 0.15) is 5.69 Å². The Kier molecular flexibility index (Phi) is 5.02. The Labute approximate surface area is 111 Å². The van der Waals surface area contributed by atoms with E-state index < -0.39 is 47.4 Å². The first kappa shape index (κ1) is 16.3. The molecule has 0 fully saturated rings. The van der Waals surface area contributed by atoms with Gasteiger partial charge in [-0.05, 0) is 25.0 Å². The summed E-state index contributed by atoms with van der Waals surface area (Å²) in [7, 11) is 0. The number of esters is 1. The second kappa shape index (κ2) is 6.15. The van der Waals surface area contributed by atoms with Crippen LogP contribution in [0.5, 0.6) is 0 Å². The van der Waals surface area contributed by atoms with Crippen molar-refractivity contribution in [3.05, 3.63) is 28.6 Å². The second-order valence-corrected chi connectivity index (χ2v) is 3.94. The summed E-state index contributed by atoms with van der Waals surface area (Å²) in [5.41, 5.74) is -2.84. The Balaban J connectivity index is 3.32. The maximum Gasteiger partial charge on any atom is 0.418 e. The van der Waals surface area contributed by atoms with Crippen molar-refractivity contribution in [1.82, 2.24) is 4.98 Å². The van der Waals surface area contributed by atoms with Crippen LogP contribution in [-0.2, 0) is 22.1 Å². The number of halogens is 5. The van der Waals surface area contributed by atoms with E-state index in [4.69, 9.17) is 0 Å². The summed E-state index contributed by atoms with van der Waals surface area (Å²) in [5.74, 6) is -0.876. The lowest BCUT2D eigenvalue weighted by Gasteiger charge is -2.16. The van der Waals surface area contributed by atoms with E-state index in [0.29, 0.717) is 6.20 Å². The van der Waals surface area contributed by atoms with Crippen molar-refractivity contribution in [1.29, 1.82) is 0 Å². The molecule has 0 bridgehead atoms. The summed E-state index contributed by atoms with van der Waals surface area (Å²) >= 11 is 0. The lowest BCUT2D eigenvalue weighted by Crippen LogP contribution is -2.16. The molecule has 112 valence electrons. The van der Waals surface area contributed by atoms with Crippen LogP contribution < -0.4 is 0 Å². The molecule has 0 spiro atoms. The Morgan fingerprint density at radius 2 is 2.00 bits per heavy atom. The molecule has 0 saturated heterocycles. The average molecular weight is 297 g/mol. The van der Waals surface area contributed by atoms with E-state index in [0.717, 1.165) is 6.92 Å². The normalized spacial score (nSPS) is 11.8. The monoisotopic (exact) mass is 297 g/mol. The van der Waals surface area contributed by atoms with Crippen LogP contribution >= 0.6 is 0 Å². The zero-order valence-corrected chi connectivity index (χ0v) is 10.7. The first-order valence-electron chi connectivity index (χ1n) is 5.67. The fraction of sp³-hybridized carbons (Fsp3) is 0.500. The largest absolute Gasteiger partial charge is 0.466 e. The van der Waals surface area contributed by atoms with Gasteiger partial charge in [0, 0.05) is 6.20 Å². The minimum atomic E-state index is -4.72. The molecule has 3 nitrogen and oxygen atoms in total. The highest BCUT2D eigenvalue weighted by atomic mass is 19.4. The first-order valence-corrected chi connectivity index (χ1v) is 5.67. The number of rotatable bonds is 4. The van der Waals surface area contributed by atoms with E-state index in [1.54, 1.807) is 0 Å². The van der Waals surface area contributed by atoms with E-state index in [2.05, 4.69) is 9.72 Å². The molecule has 0 unspecified atom stereocenters. The summed E-state index contributed by atoms with van der Waals surface area (Å²) in [4.78, 5) is 14.5. The Bertz CT molecular complexity index is 499. The number of carbonyl (C=O) groups is 1. The van der Waals surface area contributed by atoms with Gasteiger partial charge in [-0.15, -0.1) is 0 Å². The van der Waals surface area contributed by atoms with Crippen LogP contribution in [0.2, 0.25) is 0 Å². The van der Waals surface area contributed by atoms with Gasteiger partial charge in [0.25, 0.3) is 6.43 Å². The summed E-state index contributed by atoms with van der Waals surface area (Å²) in [6.45, 7) is 2.54. The van der Waals surface area contributed by atoms with Crippen LogP contribution in [0.25, 0.3) is 0 Å². The zero-order valence-electron chi connectivity index (χ0n) is 10.7. The summed E-state index contributed by atoms with van der Waals surface area (Å²) in [5, 5.41) is 0. The van der Waals surface area contributed by atoms with E-state index in [1.165, 1.54) is 6.92 Å². The fourth-order valence-electron chi connectivity index (χ4n) is 1.72. The lowest BCUT2D eigenvalue weighted by molar-refractivity contribution is -0.143. The van der Waals surface area contributed by atoms with Gasteiger partial charge >= 0.3 is 12.1 Å². The average Bonchev–Trinajstić information content (AvgIpc) is 2.29. The minimum Gasteiger partial charge on any atom is -0.466 e. The molecule has 1 aromatic rings. The van der Waals surface area contributed by atoms with Crippen LogP contribution in [0, 0.1) is 6.92 Å². The molecule has 0 aromatic carbocycles. The van der Waals surface area contributed by atoms with Gasteiger partial charge in [0.05, 0.1) is 18.6 Å². The number of carbonyl (C=O) groups excluding carboxylic acids is 1. The topological polar surface area (TPSA) is 39.2 Å². The third-order valence-electron chi connectivity index (χ3n) is 2.64. The van der Waals surface area contributed by atoms with Gasteiger partial charge in [-0.25, -0.2) is 8.78 Å². The minimum absolute atomic E-state index is 0.00822. The van der Waals surface area contributed by atoms with Gasteiger partial charge in [0.2, 0.25) is 0 Å². The lowest BCUT2D eigenvalue weighted by atomic mass is 9.99. The van der Waals surface area contributed by atoms with Gasteiger partial charge < -0.3 is 4.74 Å². The van der Waals surface area contributed by atoms with Crippen molar-refractivity contribution < 1.29 is 31.5 Å². The van der Waals surface area contributed by atoms with Gasteiger partial charge in [-0.3, -0.25) is 9.78 Å². The molecule has 0 saturated carbocycles. The number of ether oxygens (including phenoxy) is 1. The Hall–Kier alpha value is -1.73. The first-order chi connectivity index (χ1) is 9.18. The summed E-state index contributed by atoms with van der Waals surface area (Å²) in [6, 6.07) is 0. The van der Waals surface area contributed by atoms with Crippen molar-refractivity contribution in [2.75, 3.05) is 6.61 Å². The van der Waals surface area contributed by atoms with Crippen molar-refractivity contribution in [2.45, 2.75) is 32.9 Å². The van der Waals surface area contributed by atoms with Crippen LogP contribution in [0.1, 0.15) is 35.7 Å². The third-order valence-corrected chi connectivity index (χ3v) is 2.64. The number of aromatic nitrogens is 1. The Morgan fingerprint density at radius 3 is 2.45 bits per heavy atom. The maximum absolute atomic E-state index is 12.8. The Morgan fingerprint density at radius 1 is 1.40 bits per heavy atom. The van der Waals surface area contributed by atoms with Gasteiger partial charge in [-0.1, -0.05) is 0 Å². The SMILES string of the molecule is CCOC(=O)Cc1c(C(F)F)ncc(C(F)(F)F)c1C. The number of alkyl halides is 5. The molecule has 20 heavy (non-hydrogen) atoms. The van der Waals surface area contributed by atoms with Crippen LogP contribution in [0.15, 0.2) is 6.20 Å². The molecule has 0 aliphatic heterocycles. The number of nitrogens with zero attached hydrogens (tertiary/aromatic N) is 1. The van der Waals surface area contributed by atoms with Crippen molar-refractivity contribution >= 4 is 5.97 Å². The van der Waals surface area contributed by atoms with Gasteiger partial charge in [-0.2, -0.15) is 13.2 Å². The highest BCUT2D eigenvalue weighted by Crippen LogP contribution is 2.35. The predicted molar refractivity (Wildman–Crippen MR) is 59.3 cm³/mol. The third kappa shape index (κ3) is 3.64. The zero-order chi connectivity index (χ0) is 15.5. The van der Waals surface area contributed by atoms with Gasteiger partial charge in [0.15, 0.2) is 0 Å². The smallest absolute Gasteiger partial charge is 0.418 e. The quantitative estimate of drug-likeness (QED) is 0.631. The van der Waals surface area contributed by atoms with Crippen LogP contribution in [-0.4, -0.2) is 17.6 Å². The molecular formula is C12H12F5NO2. The molecule has 0 N–H and O–H groups in total. The number of pyridine rings is 1. The van der Waals surface area contributed by atoms with E-state index in [-0.39, 0.29) is 6.61 Å². The van der Waals surface area contributed by atoms with Crippen LogP contribution in [0.3, 0.4) is 0 Å². The second-order valence-electron chi connectivity index (χ2n) is 3.94. The van der Waals surface area contributed by atoms with Crippen molar-refractivity contribution in [3.63, 3.8) is 0 Å².